The third-order valence-electron chi connectivity index (χ3n) is 4.96. The molecule has 2 atom stereocenters. The number of para-hydroxylation sites is 1. The quantitative estimate of drug-likeness (QED) is 0.458. The van der Waals surface area contributed by atoms with E-state index in [9.17, 15) is 18.4 Å². The number of benzene rings is 3. The molecule has 0 saturated carbocycles. The first-order valence-corrected chi connectivity index (χ1v) is 8.82. The average molecular weight is 378 g/mol. The SMILES string of the molecule is CC(=O)[C@H](C(=O)c1ccc(F)cc1)[C@H]1c2ccccc2Oc2ccc(F)cc21. The monoisotopic (exact) mass is 378 g/mol. The van der Waals surface area contributed by atoms with Gasteiger partial charge in [-0.3, -0.25) is 9.59 Å². The second-order valence-electron chi connectivity index (χ2n) is 6.76. The van der Waals surface area contributed by atoms with E-state index < -0.39 is 29.3 Å². The fourth-order valence-electron chi connectivity index (χ4n) is 3.70. The van der Waals surface area contributed by atoms with Gasteiger partial charge in [0.25, 0.3) is 0 Å². The number of fused-ring (bicyclic) bond motifs is 2. The van der Waals surface area contributed by atoms with Crippen LogP contribution in [0.1, 0.15) is 34.3 Å². The van der Waals surface area contributed by atoms with Crippen molar-refractivity contribution in [3.8, 4) is 11.5 Å². The molecule has 5 heteroatoms. The lowest BCUT2D eigenvalue weighted by atomic mass is 9.74. The molecule has 0 aliphatic carbocycles. The highest BCUT2D eigenvalue weighted by Crippen LogP contribution is 2.48. The Hall–Kier alpha value is -3.34. The number of carbonyl (C=O) groups excluding carboxylic acids is 2. The van der Waals surface area contributed by atoms with Crippen molar-refractivity contribution in [2.45, 2.75) is 12.8 Å². The number of hydrogen-bond donors (Lipinski definition) is 0. The summed E-state index contributed by atoms with van der Waals surface area (Å²) in [5.74, 6) is -2.62. The summed E-state index contributed by atoms with van der Waals surface area (Å²) in [6, 6.07) is 16.2. The number of halogens is 2. The average Bonchev–Trinajstić information content (AvgIpc) is 2.68. The van der Waals surface area contributed by atoms with E-state index in [0.717, 1.165) is 0 Å². The maximum absolute atomic E-state index is 14.0. The minimum Gasteiger partial charge on any atom is -0.457 e. The molecule has 3 nitrogen and oxygen atoms in total. The van der Waals surface area contributed by atoms with Crippen LogP contribution in [0.3, 0.4) is 0 Å². The van der Waals surface area contributed by atoms with Crippen molar-refractivity contribution in [1.82, 2.24) is 0 Å². The van der Waals surface area contributed by atoms with E-state index in [4.69, 9.17) is 4.74 Å². The van der Waals surface area contributed by atoms with E-state index in [2.05, 4.69) is 0 Å². The van der Waals surface area contributed by atoms with Gasteiger partial charge in [-0.05, 0) is 55.5 Å². The molecule has 4 rings (SSSR count). The van der Waals surface area contributed by atoms with Gasteiger partial charge in [0.1, 0.15) is 28.9 Å². The van der Waals surface area contributed by atoms with Gasteiger partial charge in [0.15, 0.2) is 5.78 Å². The third kappa shape index (κ3) is 3.09. The van der Waals surface area contributed by atoms with Crippen LogP contribution in [-0.2, 0) is 4.79 Å². The molecule has 0 unspecified atom stereocenters. The Morgan fingerprint density at radius 1 is 0.857 bits per heavy atom. The lowest BCUT2D eigenvalue weighted by Crippen LogP contribution is -2.31. The summed E-state index contributed by atoms with van der Waals surface area (Å²) in [5.41, 5.74) is 1.30. The third-order valence-corrected chi connectivity index (χ3v) is 4.96. The van der Waals surface area contributed by atoms with Gasteiger partial charge in [-0.15, -0.1) is 0 Å². The number of carbonyl (C=O) groups is 2. The molecule has 0 spiro atoms. The molecule has 0 fully saturated rings. The highest BCUT2D eigenvalue weighted by atomic mass is 19.1. The zero-order valence-electron chi connectivity index (χ0n) is 15.0. The summed E-state index contributed by atoms with van der Waals surface area (Å²) < 4.78 is 33.1. The first-order valence-electron chi connectivity index (χ1n) is 8.82. The van der Waals surface area contributed by atoms with Crippen LogP contribution in [0.5, 0.6) is 11.5 Å². The van der Waals surface area contributed by atoms with Crippen LogP contribution in [0.15, 0.2) is 66.7 Å². The van der Waals surface area contributed by atoms with Crippen molar-refractivity contribution in [2.75, 3.05) is 0 Å². The van der Waals surface area contributed by atoms with Gasteiger partial charge in [-0.25, -0.2) is 8.78 Å². The second-order valence-corrected chi connectivity index (χ2v) is 6.76. The van der Waals surface area contributed by atoms with E-state index in [1.54, 1.807) is 24.3 Å². The maximum atomic E-state index is 14.0. The summed E-state index contributed by atoms with van der Waals surface area (Å²) in [4.78, 5) is 25.8. The fourth-order valence-corrected chi connectivity index (χ4v) is 3.70. The van der Waals surface area contributed by atoms with Crippen molar-refractivity contribution in [1.29, 1.82) is 0 Å². The standard InChI is InChI=1S/C23H16F2O3/c1-13(26)21(23(27)14-6-8-15(24)9-7-14)22-17-4-2-3-5-19(17)28-20-11-10-16(25)12-18(20)22/h2-12,21-22H,1H3/t21-,22-/m0/s1. The number of ketones is 2. The van der Waals surface area contributed by atoms with Crippen LogP contribution in [-0.4, -0.2) is 11.6 Å². The zero-order chi connectivity index (χ0) is 19.8. The topological polar surface area (TPSA) is 43.4 Å². The molecule has 1 aliphatic heterocycles. The highest BCUT2D eigenvalue weighted by molar-refractivity contribution is 6.11. The molecular formula is C23H16F2O3. The molecule has 0 saturated heterocycles. The summed E-state index contributed by atoms with van der Waals surface area (Å²) >= 11 is 0. The van der Waals surface area contributed by atoms with E-state index in [1.807, 2.05) is 0 Å². The van der Waals surface area contributed by atoms with Gasteiger partial charge in [0.05, 0.1) is 5.92 Å². The van der Waals surface area contributed by atoms with Crippen LogP contribution in [0.25, 0.3) is 0 Å². The molecule has 140 valence electrons. The zero-order valence-corrected chi connectivity index (χ0v) is 15.0. The van der Waals surface area contributed by atoms with Gasteiger partial charge in [-0.1, -0.05) is 18.2 Å². The van der Waals surface area contributed by atoms with Gasteiger partial charge in [0, 0.05) is 22.6 Å². The van der Waals surface area contributed by atoms with Gasteiger partial charge in [0.2, 0.25) is 0 Å². The van der Waals surface area contributed by atoms with Crippen LogP contribution in [0.4, 0.5) is 8.78 Å². The van der Waals surface area contributed by atoms with E-state index in [1.165, 1.54) is 49.4 Å². The predicted molar refractivity (Wildman–Crippen MR) is 99.7 cm³/mol. The molecule has 3 aromatic carbocycles. The van der Waals surface area contributed by atoms with Crippen LogP contribution in [0.2, 0.25) is 0 Å². The second kappa shape index (κ2) is 7.00. The van der Waals surface area contributed by atoms with Crippen molar-refractivity contribution in [3.63, 3.8) is 0 Å². The molecule has 0 aromatic heterocycles. The first-order chi connectivity index (χ1) is 13.5. The number of Topliss-reactive ketones (excluding diaryl/α,β-unsaturated/α-hetero) is 2. The van der Waals surface area contributed by atoms with E-state index >= 15 is 0 Å². The van der Waals surface area contributed by atoms with E-state index in [0.29, 0.717) is 22.6 Å². The van der Waals surface area contributed by atoms with Gasteiger partial charge >= 0.3 is 0 Å². The minimum atomic E-state index is -1.09. The molecule has 3 aromatic rings. The molecule has 1 heterocycles. The Morgan fingerprint density at radius 3 is 2.21 bits per heavy atom. The van der Waals surface area contributed by atoms with Gasteiger partial charge < -0.3 is 4.74 Å². The molecule has 1 aliphatic rings. The van der Waals surface area contributed by atoms with Crippen molar-refractivity contribution in [3.05, 3.63) is 95.1 Å². The highest BCUT2D eigenvalue weighted by Gasteiger charge is 2.40. The van der Waals surface area contributed by atoms with Crippen molar-refractivity contribution >= 4 is 11.6 Å². The predicted octanol–water partition coefficient (Wildman–Crippen LogP) is 5.29. The lowest BCUT2D eigenvalue weighted by molar-refractivity contribution is -0.119. The molecule has 0 bridgehead atoms. The number of hydrogen-bond acceptors (Lipinski definition) is 3. The van der Waals surface area contributed by atoms with Crippen LogP contribution in [0, 0.1) is 17.6 Å². The van der Waals surface area contributed by atoms with Crippen LogP contribution >= 0.6 is 0 Å². The fraction of sp³-hybridized carbons (Fsp3) is 0.130. The minimum absolute atomic E-state index is 0.225. The number of rotatable bonds is 4. The summed E-state index contributed by atoms with van der Waals surface area (Å²) in [6.45, 7) is 1.34. The van der Waals surface area contributed by atoms with Crippen LogP contribution < -0.4 is 4.74 Å². The Bertz CT molecular complexity index is 1070. The Balaban J connectivity index is 1.89. The largest absolute Gasteiger partial charge is 0.457 e. The molecule has 0 amide bonds. The van der Waals surface area contributed by atoms with Crippen molar-refractivity contribution < 1.29 is 23.1 Å². The summed E-state index contributed by atoms with van der Waals surface area (Å²) in [5, 5.41) is 0. The molecule has 28 heavy (non-hydrogen) atoms. The molecule has 0 radical (unpaired) electrons. The summed E-state index contributed by atoms with van der Waals surface area (Å²) in [6.07, 6.45) is 0. The first kappa shape index (κ1) is 18.0. The Morgan fingerprint density at radius 2 is 1.50 bits per heavy atom. The Labute approximate surface area is 160 Å². The van der Waals surface area contributed by atoms with Crippen molar-refractivity contribution in [2.24, 2.45) is 5.92 Å². The molecule has 0 N–H and O–H groups in total. The normalized spacial score (nSPS) is 15.8. The maximum Gasteiger partial charge on any atom is 0.174 e. The number of ether oxygens (including phenoxy) is 1. The Kier molecular flexibility index (Phi) is 4.51. The molecular weight excluding hydrogens is 362 g/mol. The lowest BCUT2D eigenvalue weighted by Gasteiger charge is -2.32. The smallest absolute Gasteiger partial charge is 0.174 e. The van der Waals surface area contributed by atoms with E-state index in [-0.39, 0.29) is 11.3 Å². The van der Waals surface area contributed by atoms with Gasteiger partial charge in [-0.2, -0.15) is 0 Å². The summed E-state index contributed by atoms with van der Waals surface area (Å²) in [7, 11) is 0.